The molecule has 0 radical (unpaired) electrons. The molecule has 6 heteroatoms. The van der Waals surface area contributed by atoms with Gasteiger partial charge in [-0.3, -0.25) is 24.1 Å². The Kier molecular flexibility index (Phi) is 16.6. The molecule has 0 spiro atoms. The molecule has 0 saturated heterocycles. The van der Waals surface area contributed by atoms with E-state index in [1.54, 1.807) is 4.90 Å². The molecule has 0 aromatic rings. The number of carbonyl (C=O) groups excluding carboxylic acids is 4. The van der Waals surface area contributed by atoms with Crippen LogP contribution in [0.5, 0.6) is 0 Å². The molecule has 1 amide bonds. The Morgan fingerprint density at radius 1 is 0.682 bits per heavy atom. The molecule has 0 fully saturated rings. The van der Waals surface area contributed by atoms with E-state index in [2.05, 4.69) is 0 Å². The first-order chi connectivity index (χ1) is 9.72. The van der Waals surface area contributed by atoms with Crippen molar-refractivity contribution in [2.45, 2.75) is 49.0 Å². The topological polar surface area (TPSA) is 74.8 Å². The molecule has 0 aliphatic rings. The number of carbonyl (C=O) groups is 4. The molecule has 0 N–H and O–H groups in total. The van der Waals surface area contributed by atoms with Crippen LogP contribution >= 0.6 is 0 Å². The van der Waals surface area contributed by atoms with E-state index >= 15 is 0 Å². The van der Waals surface area contributed by atoms with Gasteiger partial charge < -0.3 is 4.90 Å². The summed E-state index contributed by atoms with van der Waals surface area (Å²) < 4.78 is 0. The predicted molar refractivity (Wildman–Crippen MR) is 88.8 cm³/mol. The lowest BCUT2D eigenvalue weighted by Crippen LogP contribution is -2.42. The fourth-order valence-electron chi connectivity index (χ4n) is 1.72. The lowest BCUT2D eigenvalue weighted by atomic mass is 10.3. The van der Waals surface area contributed by atoms with Crippen LogP contribution in [0.4, 0.5) is 0 Å². The van der Waals surface area contributed by atoms with E-state index < -0.39 is 0 Å². The maximum Gasteiger partial charge on any atom is 0.219 e. The monoisotopic (exact) mass is 316 g/mol. The van der Waals surface area contributed by atoms with Crippen LogP contribution < -0.4 is 0 Å². The molecule has 6 nitrogen and oxygen atoms in total. The molecule has 0 aromatic heterocycles. The standard InChI is InChI=1S/C13H22N2O4.C2H6.CH4/c1-10(16)7-14(8-11(2)17)5-6-15(13(4)19)9-12(3)18;1-2;/h5-9H2,1-4H3;1-2H3;1H4. The highest BCUT2D eigenvalue weighted by atomic mass is 16.2. The lowest BCUT2D eigenvalue weighted by molar-refractivity contribution is -0.133. The Balaban J connectivity index is -0.00000115. The number of Topliss-reactive ketones (excluding diaryl/α,β-unsaturated/α-hetero) is 3. The maximum absolute atomic E-state index is 11.4. The van der Waals surface area contributed by atoms with Gasteiger partial charge in [-0.05, 0) is 20.8 Å². The molecule has 0 aliphatic heterocycles. The highest BCUT2D eigenvalue weighted by Gasteiger charge is 2.15. The fourth-order valence-corrected chi connectivity index (χ4v) is 1.72. The van der Waals surface area contributed by atoms with Crippen LogP contribution in [-0.2, 0) is 19.2 Å². The minimum absolute atomic E-state index is 0. The largest absolute Gasteiger partial charge is 0.334 e. The van der Waals surface area contributed by atoms with Crippen molar-refractivity contribution in [3.8, 4) is 0 Å². The summed E-state index contributed by atoms with van der Waals surface area (Å²) in [5, 5.41) is 0. The van der Waals surface area contributed by atoms with Crippen molar-refractivity contribution >= 4 is 23.3 Å². The van der Waals surface area contributed by atoms with Crippen LogP contribution in [-0.4, -0.2) is 65.8 Å². The Hall–Kier alpha value is -1.56. The molecule has 130 valence electrons. The number of rotatable bonds is 9. The van der Waals surface area contributed by atoms with Gasteiger partial charge >= 0.3 is 0 Å². The van der Waals surface area contributed by atoms with Crippen LogP contribution in [0.3, 0.4) is 0 Å². The van der Waals surface area contributed by atoms with Crippen molar-refractivity contribution in [3.05, 3.63) is 0 Å². The Morgan fingerprint density at radius 3 is 1.32 bits per heavy atom. The first-order valence-electron chi connectivity index (χ1n) is 7.18. The summed E-state index contributed by atoms with van der Waals surface area (Å²) in [5.74, 6) is -0.370. The molecule has 0 saturated carbocycles. The van der Waals surface area contributed by atoms with Gasteiger partial charge in [0, 0.05) is 20.0 Å². The van der Waals surface area contributed by atoms with Gasteiger partial charge in [-0.1, -0.05) is 21.3 Å². The predicted octanol–water partition coefficient (Wildman–Crippen LogP) is 1.57. The van der Waals surface area contributed by atoms with Crippen LogP contribution in [0, 0.1) is 0 Å². The molecule has 0 aromatic carbocycles. The Bertz CT molecular complexity index is 351. The normalized spacial score (nSPS) is 9.23. The average molecular weight is 316 g/mol. The van der Waals surface area contributed by atoms with Crippen molar-refractivity contribution in [1.82, 2.24) is 9.80 Å². The smallest absolute Gasteiger partial charge is 0.219 e. The van der Waals surface area contributed by atoms with Crippen molar-refractivity contribution in [1.29, 1.82) is 0 Å². The van der Waals surface area contributed by atoms with E-state index in [1.807, 2.05) is 13.8 Å². The van der Waals surface area contributed by atoms with Gasteiger partial charge in [0.2, 0.25) is 5.91 Å². The molecule has 0 atom stereocenters. The molecule has 0 heterocycles. The number of amides is 1. The summed E-state index contributed by atoms with van der Waals surface area (Å²) in [7, 11) is 0. The van der Waals surface area contributed by atoms with Crippen molar-refractivity contribution in [2.75, 3.05) is 32.7 Å². The summed E-state index contributed by atoms with van der Waals surface area (Å²) in [6.45, 7) is 10.8. The van der Waals surface area contributed by atoms with Crippen LogP contribution in [0.15, 0.2) is 0 Å². The van der Waals surface area contributed by atoms with Crippen molar-refractivity contribution in [2.24, 2.45) is 0 Å². The van der Waals surface area contributed by atoms with E-state index in [-0.39, 0.29) is 50.3 Å². The zero-order valence-electron chi connectivity index (χ0n) is 14.1. The van der Waals surface area contributed by atoms with Gasteiger partial charge in [-0.15, -0.1) is 0 Å². The lowest BCUT2D eigenvalue weighted by Gasteiger charge is -2.25. The van der Waals surface area contributed by atoms with Gasteiger partial charge in [0.15, 0.2) is 0 Å². The number of hydrogen-bond donors (Lipinski definition) is 0. The van der Waals surface area contributed by atoms with Gasteiger partial charge in [0.05, 0.1) is 19.6 Å². The highest BCUT2D eigenvalue weighted by molar-refractivity contribution is 5.83. The second-order valence-electron chi connectivity index (χ2n) is 4.76. The molecular formula is C16H32N2O4. The van der Waals surface area contributed by atoms with Crippen LogP contribution in [0.25, 0.3) is 0 Å². The van der Waals surface area contributed by atoms with E-state index in [1.165, 1.54) is 32.6 Å². The number of hydrogen-bond acceptors (Lipinski definition) is 5. The zero-order valence-corrected chi connectivity index (χ0v) is 14.1. The second kappa shape index (κ2) is 14.4. The third kappa shape index (κ3) is 14.8. The van der Waals surface area contributed by atoms with Gasteiger partial charge in [0.1, 0.15) is 17.3 Å². The summed E-state index contributed by atoms with van der Waals surface area (Å²) in [6.07, 6.45) is 0. The highest BCUT2D eigenvalue weighted by Crippen LogP contribution is 1.95. The Labute approximate surface area is 134 Å². The molecule has 22 heavy (non-hydrogen) atoms. The van der Waals surface area contributed by atoms with E-state index in [0.29, 0.717) is 13.1 Å². The maximum atomic E-state index is 11.4. The SMILES string of the molecule is C.CC.CC(=O)CN(CCN(CC(C)=O)C(C)=O)CC(C)=O. The summed E-state index contributed by atoms with van der Waals surface area (Å²) in [5.41, 5.74) is 0. The quantitative estimate of drug-likeness (QED) is 0.645. The molecule has 0 rings (SSSR count). The molecule has 0 bridgehead atoms. The Morgan fingerprint density at radius 2 is 1.05 bits per heavy atom. The summed E-state index contributed by atoms with van der Waals surface area (Å²) in [4.78, 5) is 47.7. The molecular weight excluding hydrogens is 284 g/mol. The summed E-state index contributed by atoms with van der Waals surface area (Å²) in [6, 6.07) is 0. The third-order valence-corrected chi connectivity index (χ3v) is 2.44. The minimum Gasteiger partial charge on any atom is -0.334 e. The van der Waals surface area contributed by atoms with Crippen LogP contribution in [0.1, 0.15) is 49.0 Å². The van der Waals surface area contributed by atoms with E-state index in [4.69, 9.17) is 0 Å². The van der Waals surface area contributed by atoms with E-state index in [9.17, 15) is 19.2 Å². The molecule has 0 unspecified atom stereocenters. The third-order valence-electron chi connectivity index (χ3n) is 2.44. The second-order valence-corrected chi connectivity index (χ2v) is 4.76. The van der Waals surface area contributed by atoms with Crippen molar-refractivity contribution < 1.29 is 19.2 Å². The minimum atomic E-state index is -0.194. The zero-order chi connectivity index (χ0) is 17.0. The average Bonchev–Trinajstić information content (AvgIpc) is 2.34. The number of nitrogens with zero attached hydrogens (tertiary/aromatic N) is 2. The number of ketones is 3. The van der Waals surface area contributed by atoms with Crippen LogP contribution in [0.2, 0.25) is 0 Å². The fraction of sp³-hybridized carbons (Fsp3) is 0.750. The van der Waals surface area contributed by atoms with E-state index in [0.717, 1.165) is 0 Å². The van der Waals surface area contributed by atoms with Gasteiger partial charge in [-0.25, -0.2) is 0 Å². The summed E-state index contributed by atoms with van der Waals surface area (Å²) >= 11 is 0. The first kappa shape index (κ1) is 25.4. The van der Waals surface area contributed by atoms with Crippen molar-refractivity contribution in [3.63, 3.8) is 0 Å². The van der Waals surface area contributed by atoms with Gasteiger partial charge in [-0.2, -0.15) is 0 Å². The molecule has 0 aliphatic carbocycles. The first-order valence-corrected chi connectivity index (χ1v) is 7.18. The van der Waals surface area contributed by atoms with Gasteiger partial charge in [0.25, 0.3) is 0 Å².